The van der Waals surface area contributed by atoms with Crippen molar-refractivity contribution >= 4 is 59.1 Å². The van der Waals surface area contributed by atoms with E-state index in [1.54, 1.807) is 38.1 Å². The quantitative estimate of drug-likeness (QED) is 0.0756. The number of ether oxygens (including phenoxy) is 1. The van der Waals surface area contributed by atoms with Gasteiger partial charge in [-0.3, -0.25) is 29.0 Å². The first-order chi connectivity index (χ1) is 23.7. The van der Waals surface area contributed by atoms with Crippen molar-refractivity contribution in [1.82, 2.24) is 41.2 Å². The van der Waals surface area contributed by atoms with Gasteiger partial charge in [0, 0.05) is 35.5 Å². The lowest BCUT2D eigenvalue weighted by Crippen LogP contribution is -2.66. The molecule has 1 aliphatic rings. The van der Waals surface area contributed by atoms with Crippen LogP contribution in [-0.2, 0) is 25.7 Å². The number of carbonyl (C=O) groups is 4. The molecular weight excluding hydrogens is 676 g/mol. The number of aliphatic hydroxyl groups excluding tert-OH is 3. The Morgan fingerprint density at radius 1 is 1.02 bits per heavy atom. The molecule has 11 N–H and O–H groups in total. The number of nitrogen functional groups attached to an aromatic ring is 1. The van der Waals surface area contributed by atoms with Crippen LogP contribution in [0.3, 0.4) is 0 Å². The van der Waals surface area contributed by atoms with Crippen LogP contribution in [-0.4, -0.2) is 114 Å². The highest BCUT2D eigenvalue weighted by Crippen LogP contribution is 2.21. The van der Waals surface area contributed by atoms with Gasteiger partial charge in [-0.25, -0.2) is 9.97 Å². The number of nitrogens with zero attached hydrogens (tertiary/aromatic N) is 3. The highest BCUT2D eigenvalue weighted by molar-refractivity contribution is 7.80. The molecule has 2 aromatic heterocycles. The van der Waals surface area contributed by atoms with E-state index >= 15 is 0 Å². The van der Waals surface area contributed by atoms with E-state index in [2.05, 4.69) is 59.1 Å². The van der Waals surface area contributed by atoms with Crippen molar-refractivity contribution in [2.24, 2.45) is 0 Å². The van der Waals surface area contributed by atoms with Gasteiger partial charge in [0.25, 0.3) is 17.4 Å². The molecule has 3 aromatic rings. The maximum atomic E-state index is 12.8. The molecule has 5 unspecified atom stereocenters. The average Bonchev–Trinajstić information content (AvgIpc) is 3.09. The minimum Gasteiger partial charge on any atom is -0.388 e. The average molecular weight is 717 g/mol. The topological polar surface area (TPSA) is 296 Å². The number of aromatic amines is 1. The van der Waals surface area contributed by atoms with E-state index in [4.69, 9.17) is 10.5 Å². The Morgan fingerprint density at radius 3 is 2.44 bits per heavy atom. The summed E-state index contributed by atoms with van der Waals surface area (Å²) >= 11 is 4.06. The summed E-state index contributed by atoms with van der Waals surface area (Å²) in [5.74, 6) is -2.15. The number of hydrogen-bond donors (Lipinski definition) is 11. The lowest BCUT2D eigenvalue weighted by molar-refractivity contribution is -0.251. The van der Waals surface area contributed by atoms with Crippen LogP contribution in [0.15, 0.2) is 35.3 Å². The Labute approximate surface area is 290 Å². The summed E-state index contributed by atoms with van der Waals surface area (Å²) in [4.78, 5) is 76.8. The fraction of sp³-hybridized carbons (Fsp3) is 0.467. The number of nitrogens with two attached hydrogens (primary N) is 1. The molecule has 4 rings (SSSR count). The number of fused-ring (bicyclic) bond motifs is 1. The van der Waals surface area contributed by atoms with Crippen LogP contribution >= 0.6 is 12.6 Å². The van der Waals surface area contributed by atoms with Crippen molar-refractivity contribution in [2.75, 3.05) is 23.3 Å². The van der Waals surface area contributed by atoms with E-state index in [1.807, 2.05) is 0 Å². The number of anilines is 2. The van der Waals surface area contributed by atoms with E-state index in [0.29, 0.717) is 22.7 Å². The Bertz CT molecular complexity index is 1740. The summed E-state index contributed by atoms with van der Waals surface area (Å²) in [5, 5.41) is 44.4. The number of aromatic nitrogens is 4. The van der Waals surface area contributed by atoms with Gasteiger partial charge in [-0.1, -0.05) is 0 Å². The standard InChI is InChI=1S/C30H40N10O9S/c1-13(3-8-18(41)38-20-22(43)24(49-29(48)23(20)44)28(47)34-11-19(42)35-14(2)12-50)36-26(45)15-4-6-16(7-5-15)32-9-17-10-33-25-21(37-17)27(46)40-30(31)39-25/h4-7,10,13-14,20,22-24,29,32,43-44,48,50H,3,8-9,11-12H2,1-2H3,(H,34,47)(H,35,42)(H,36,45)(H,38,41)(H3,31,33,39,40,46)/t13-,14-,20?,22?,23?,24?,29?/m1/s1. The molecule has 270 valence electrons. The second-order valence-electron chi connectivity index (χ2n) is 11.7. The zero-order valence-electron chi connectivity index (χ0n) is 27.1. The van der Waals surface area contributed by atoms with Gasteiger partial charge >= 0.3 is 0 Å². The van der Waals surface area contributed by atoms with Gasteiger partial charge in [-0.2, -0.15) is 17.6 Å². The largest absolute Gasteiger partial charge is 0.388 e. The van der Waals surface area contributed by atoms with Crippen molar-refractivity contribution in [3.63, 3.8) is 0 Å². The van der Waals surface area contributed by atoms with E-state index in [9.17, 15) is 39.3 Å². The van der Waals surface area contributed by atoms with Crippen LogP contribution < -0.4 is 37.9 Å². The Balaban J connectivity index is 1.22. The molecule has 0 aliphatic carbocycles. The number of thiol groups is 1. The van der Waals surface area contributed by atoms with Gasteiger partial charge in [0.15, 0.2) is 23.6 Å². The molecule has 50 heavy (non-hydrogen) atoms. The molecule has 1 saturated heterocycles. The van der Waals surface area contributed by atoms with Crippen LogP contribution in [0, 0.1) is 0 Å². The predicted octanol–water partition coefficient (Wildman–Crippen LogP) is -2.72. The molecule has 19 nitrogen and oxygen atoms in total. The van der Waals surface area contributed by atoms with Crippen LogP contribution in [0.25, 0.3) is 11.2 Å². The molecule has 4 amide bonds. The number of nitrogens with one attached hydrogen (secondary N) is 6. The van der Waals surface area contributed by atoms with Crippen LogP contribution in [0.5, 0.6) is 0 Å². The van der Waals surface area contributed by atoms with Gasteiger partial charge in [0.05, 0.1) is 31.0 Å². The van der Waals surface area contributed by atoms with Crippen LogP contribution in [0.2, 0.25) is 0 Å². The van der Waals surface area contributed by atoms with Crippen molar-refractivity contribution in [3.05, 3.63) is 52.1 Å². The summed E-state index contributed by atoms with van der Waals surface area (Å²) in [6.45, 7) is 3.20. The molecular formula is C30H40N10O9S. The smallest absolute Gasteiger partial charge is 0.280 e. The van der Waals surface area contributed by atoms with Crippen molar-refractivity contribution in [3.8, 4) is 0 Å². The van der Waals surface area contributed by atoms with Crippen molar-refractivity contribution in [1.29, 1.82) is 0 Å². The van der Waals surface area contributed by atoms with Crippen LogP contribution in [0.4, 0.5) is 11.6 Å². The predicted molar refractivity (Wildman–Crippen MR) is 182 cm³/mol. The van der Waals surface area contributed by atoms with Gasteiger partial charge in [0.1, 0.15) is 12.2 Å². The Hall–Kier alpha value is -4.89. The first-order valence-electron chi connectivity index (χ1n) is 15.6. The maximum absolute atomic E-state index is 12.8. The molecule has 0 saturated carbocycles. The molecule has 1 fully saturated rings. The Kier molecular flexibility index (Phi) is 13.0. The fourth-order valence-corrected chi connectivity index (χ4v) is 4.97. The second-order valence-corrected chi connectivity index (χ2v) is 12.1. The first-order valence-corrected chi connectivity index (χ1v) is 16.2. The van der Waals surface area contributed by atoms with E-state index in [1.165, 1.54) is 6.20 Å². The Morgan fingerprint density at radius 2 is 1.74 bits per heavy atom. The number of hydrogen-bond acceptors (Lipinski definition) is 15. The lowest BCUT2D eigenvalue weighted by atomic mass is 9.95. The number of aliphatic hydroxyl groups is 3. The van der Waals surface area contributed by atoms with Crippen molar-refractivity contribution in [2.45, 2.75) is 76.0 Å². The number of carbonyl (C=O) groups excluding carboxylic acids is 4. The number of amides is 4. The number of H-pyrrole nitrogens is 1. The third-order valence-corrected chi connectivity index (χ3v) is 8.15. The molecule has 1 aliphatic heterocycles. The monoisotopic (exact) mass is 716 g/mol. The number of benzene rings is 1. The minimum absolute atomic E-state index is 0.0568. The molecule has 0 radical (unpaired) electrons. The molecule has 0 spiro atoms. The van der Waals surface area contributed by atoms with Crippen molar-refractivity contribution < 1.29 is 39.2 Å². The fourth-order valence-electron chi connectivity index (χ4n) is 4.88. The maximum Gasteiger partial charge on any atom is 0.280 e. The first kappa shape index (κ1) is 37.9. The van der Waals surface area contributed by atoms with Gasteiger partial charge in [-0.15, -0.1) is 0 Å². The summed E-state index contributed by atoms with van der Waals surface area (Å²) in [7, 11) is 0. The third-order valence-electron chi connectivity index (χ3n) is 7.60. The molecule has 1 aromatic carbocycles. The molecule has 20 heteroatoms. The van der Waals surface area contributed by atoms with E-state index < -0.39 is 72.4 Å². The highest BCUT2D eigenvalue weighted by Gasteiger charge is 2.47. The van der Waals surface area contributed by atoms with Gasteiger partial charge in [0.2, 0.25) is 17.8 Å². The lowest BCUT2D eigenvalue weighted by Gasteiger charge is -2.40. The summed E-state index contributed by atoms with van der Waals surface area (Å²) < 4.78 is 5.04. The summed E-state index contributed by atoms with van der Waals surface area (Å²) in [6.07, 6.45) is -5.60. The zero-order valence-corrected chi connectivity index (χ0v) is 28.0. The molecule has 3 heterocycles. The highest BCUT2D eigenvalue weighted by atomic mass is 32.1. The SMILES string of the molecule is C[C@H](CS)NC(=O)CNC(=O)C1OC(O)C(O)C(NC(=O)CC[C@@H](C)NC(=O)c2ccc(NCc3cnc4nc(N)[nH]c(=O)c4n3)cc2)C1O. The molecule has 7 atom stereocenters. The summed E-state index contributed by atoms with van der Waals surface area (Å²) in [6, 6.07) is 4.38. The normalized spacial score (nSPS) is 21.4. The summed E-state index contributed by atoms with van der Waals surface area (Å²) in [5.41, 5.74) is 6.72. The van der Waals surface area contributed by atoms with E-state index in [0.717, 1.165) is 0 Å². The van der Waals surface area contributed by atoms with Crippen LogP contribution in [0.1, 0.15) is 42.7 Å². The van der Waals surface area contributed by atoms with Gasteiger partial charge in [-0.05, 0) is 44.5 Å². The zero-order chi connectivity index (χ0) is 36.5. The molecule has 0 bridgehead atoms. The third kappa shape index (κ3) is 10.1. The van der Waals surface area contributed by atoms with E-state index in [-0.39, 0.29) is 42.5 Å². The second kappa shape index (κ2) is 17.2. The van der Waals surface area contributed by atoms with Gasteiger partial charge < -0.3 is 52.4 Å². The minimum atomic E-state index is -1.91. The number of rotatable bonds is 14.